The van der Waals surface area contributed by atoms with Gasteiger partial charge in [0.15, 0.2) is 0 Å². The molecule has 1 saturated carbocycles. The van der Waals surface area contributed by atoms with E-state index in [1.165, 1.54) is 41.9 Å². The second-order valence-electron chi connectivity index (χ2n) is 7.82. The number of rotatable bonds is 3. The second-order valence-corrected chi connectivity index (χ2v) is 8.71. The van der Waals surface area contributed by atoms with Crippen LogP contribution < -0.4 is 5.32 Å². The van der Waals surface area contributed by atoms with Crippen molar-refractivity contribution in [1.29, 1.82) is 0 Å². The Morgan fingerprint density at radius 1 is 1.35 bits per heavy atom. The van der Waals surface area contributed by atoms with Gasteiger partial charge in [-0.25, -0.2) is 9.97 Å². The molecule has 3 aliphatic rings. The number of fused-ring (bicyclic) bond motifs is 2. The molecule has 1 amide bonds. The molecule has 1 aliphatic heterocycles. The van der Waals surface area contributed by atoms with E-state index in [0.717, 1.165) is 48.9 Å². The molecule has 1 N–H and O–H groups in total. The highest BCUT2D eigenvalue weighted by Crippen LogP contribution is 2.47. The summed E-state index contributed by atoms with van der Waals surface area (Å²) in [5.74, 6) is 2.48. The predicted molar refractivity (Wildman–Crippen MR) is 101 cm³/mol. The zero-order valence-electron chi connectivity index (χ0n) is 15.0. The number of hydrogen-bond acceptors (Lipinski definition) is 6. The van der Waals surface area contributed by atoms with Crippen LogP contribution in [-0.2, 0) is 12.8 Å². The molecular weight excluding hydrogens is 346 g/mol. The van der Waals surface area contributed by atoms with Gasteiger partial charge in [-0.2, -0.15) is 0 Å². The first-order chi connectivity index (χ1) is 12.6. The van der Waals surface area contributed by atoms with Crippen LogP contribution in [0.2, 0.25) is 0 Å². The van der Waals surface area contributed by atoms with Crippen molar-refractivity contribution in [3.8, 4) is 0 Å². The molecule has 0 aromatic carbocycles. The lowest BCUT2D eigenvalue weighted by atomic mass is 9.69. The normalized spacial score (nSPS) is 26.8. The third-order valence-electron chi connectivity index (χ3n) is 6.23. The van der Waals surface area contributed by atoms with Gasteiger partial charge in [0.25, 0.3) is 5.91 Å². The summed E-state index contributed by atoms with van der Waals surface area (Å²) in [7, 11) is 0. The highest BCUT2D eigenvalue weighted by atomic mass is 32.1. The van der Waals surface area contributed by atoms with Crippen LogP contribution in [0.1, 0.15) is 52.4 Å². The summed E-state index contributed by atoms with van der Waals surface area (Å²) in [6.07, 6.45) is 8.49. The van der Waals surface area contributed by atoms with Crippen LogP contribution in [0.3, 0.4) is 0 Å². The molecule has 2 aliphatic carbocycles. The van der Waals surface area contributed by atoms with Crippen LogP contribution in [0.4, 0.5) is 5.82 Å². The van der Waals surface area contributed by atoms with E-state index >= 15 is 0 Å². The van der Waals surface area contributed by atoms with Gasteiger partial charge >= 0.3 is 0 Å². The van der Waals surface area contributed by atoms with Crippen LogP contribution in [0.25, 0.3) is 0 Å². The summed E-state index contributed by atoms with van der Waals surface area (Å²) in [5, 5.41) is 3.80. The molecule has 5 rings (SSSR count). The second kappa shape index (κ2) is 6.01. The maximum atomic E-state index is 12.8. The van der Waals surface area contributed by atoms with Crippen LogP contribution in [0.5, 0.6) is 0 Å². The SMILES string of the molecule is Cc1nc2c(c(NC34CCC3CN(C(=O)c3cncs3)C4)n1)CCCC2. The van der Waals surface area contributed by atoms with Crippen molar-refractivity contribution >= 4 is 23.1 Å². The van der Waals surface area contributed by atoms with Crippen molar-refractivity contribution in [3.63, 3.8) is 0 Å². The number of aryl methyl sites for hydroxylation is 2. The quantitative estimate of drug-likeness (QED) is 0.901. The lowest BCUT2D eigenvalue weighted by Gasteiger charge is -2.45. The number of nitrogens with zero attached hydrogens (tertiary/aromatic N) is 4. The molecule has 6 nitrogen and oxygen atoms in total. The van der Waals surface area contributed by atoms with E-state index in [0.29, 0.717) is 5.92 Å². The summed E-state index contributed by atoms with van der Waals surface area (Å²) >= 11 is 1.42. The third kappa shape index (κ3) is 2.52. The van der Waals surface area contributed by atoms with Crippen molar-refractivity contribution in [1.82, 2.24) is 19.9 Å². The highest BCUT2D eigenvalue weighted by Gasteiger charge is 2.54. The summed E-state index contributed by atoms with van der Waals surface area (Å²) in [6.45, 7) is 3.56. The highest BCUT2D eigenvalue weighted by molar-refractivity contribution is 7.11. The maximum Gasteiger partial charge on any atom is 0.265 e. The van der Waals surface area contributed by atoms with E-state index in [1.54, 1.807) is 11.7 Å². The van der Waals surface area contributed by atoms with Gasteiger partial charge < -0.3 is 10.2 Å². The predicted octanol–water partition coefficient (Wildman–Crippen LogP) is 2.84. The number of likely N-dealkylation sites (tertiary alicyclic amines) is 1. The molecule has 0 bridgehead atoms. The van der Waals surface area contributed by atoms with Gasteiger partial charge in [-0.1, -0.05) is 0 Å². The minimum Gasteiger partial charge on any atom is -0.362 e. The molecule has 1 saturated heterocycles. The largest absolute Gasteiger partial charge is 0.362 e. The van der Waals surface area contributed by atoms with Gasteiger partial charge in [0.1, 0.15) is 16.5 Å². The van der Waals surface area contributed by atoms with Crippen LogP contribution >= 0.6 is 11.3 Å². The van der Waals surface area contributed by atoms with Crippen molar-refractivity contribution in [2.45, 2.75) is 51.0 Å². The molecule has 136 valence electrons. The first kappa shape index (κ1) is 16.2. The average Bonchev–Trinajstić information content (AvgIpc) is 3.24. The van der Waals surface area contributed by atoms with Crippen molar-refractivity contribution < 1.29 is 4.79 Å². The minimum absolute atomic E-state index is 0.0215. The first-order valence-electron chi connectivity index (χ1n) is 9.47. The molecule has 2 fully saturated rings. The number of nitrogens with one attached hydrogen (secondary N) is 1. The van der Waals surface area contributed by atoms with Crippen LogP contribution in [-0.4, -0.2) is 44.4 Å². The number of hydrogen-bond donors (Lipinski definition) is 1. The Bertz CT molecular complexity index is 852. The lowest BCUT2D eigenvalue weighted by Crippen LogP contribution is -2.53. The smallest absolute Gasteiger partial charge is 0.265 e. The lowest BCUT2D eigenvalue weighted by molar-refractivity contribution is 0.0791. The number of aromatic nitrogens is 3. The Morgan fingerprint density at radius 2 is 2.23 bits per heavy atom. The Balaban J connectivity index is 1.41. The zero-order chi connectivity index (χ0) is 17.7. The van der Waals surface area contributed by atoms with E-state index in [4.69, 9.17) is 4.98 Å². The number of anilines is 1. The summed E-state index contributed by atoms with van der Waals surface area (Å²) in [6, 6.07) is 0. The van der Waals surface area contributed by atoms with E-state index in [2.05, 4.69) is 15.3 Å². The molecule has 7 heteroatoms. The molecule has 26 heavy (non-hydrogen) atoms. The van der Waals surface area contributed by atoms with Gasteiger partial charge in [-0.05, 0) is 45.4 Å². The van der Waals surface area contributed by atoms with Gasteiger partial charge in [0, 0.05) is 30.3 Å². The molecule has 0 spiro atoms. The van der Waals surface area contributed by atoms with Gasteiger partial charge in [0.2, 0.25) is 0 Å². The standard InChI is InChI=1S/C19H23N5OS/c1-12-21-15-5-3-2-4-14(15)17(22-12)23-19-7-6-13(19)9-24(10-19)18(25)16-8-20-11-26-16/h8,11,13H,2-7,9-10H2,1H3,(H,21,22,23). The van der Waals surface area contributed by atoms with Crippen LogP contribution in [0, 0.1) is 12.8 Å². The third-order valence-corrected chi connectivity index (χ3v) is 6.99. The molecule has 2 unspecified atom stereocenters. The Hall–Kier alpha value is -2.02. The molecule has 3 heterocycles. The van der Waals surface area contributed by atoms with Gasteiger partial charge in [0.05, 0.1) is 17.2 Å². The van der Waals surface area contributed by atoms with E-state index in [-0.39, 0.29) is 11.4 Å². The molecular formula is C19H23N5OS. The fourth-order valence-electron chi connectivity index (χ4n) is 4.73. The topological polar surface area (TPSA) is 71.0 Å². The van der Waals surface area contributed by atoms with E-state index in [9.17, 15) is 4.79 Å². The summed E-state index contributed by atoms with van der Waals surface area (Å²) in [5.41, 5.74) is 4.22. The average molecular weight is 369 g/mol. The Labute approximate surface area is 157 Å². The van der Waals surface area contributed by atoms with E-state index < -0.39 is 0 Å². The number of amides is 1. The fraction of sp³-hybridized carbons (Fsp3) is 0.579. The summed E-state index contributed by atoms with van der Waals surface area (Å²) in [4.78, 5) is 28.9. The molecule has 2 aromatic heterocycles. The maximum absolute atomic E-state index is 12.8. The number of carbonyl (C=O) groups is 1. The fourth-order valence-corrected chi connectivity index (χ4v) is 5.32. The molecule has 2 atom stereocenters. The molecule has 2 aromatic rings. The van der Waals surface area contributed by atoms with Gasteiger partial charge in [-0.3, -0.25) is 9.78 Å². The monoisotopic (exact) mass is 369 g/mol. The number of thiazole rings is 1. The van der Waals surface area contributed by atoms with Crippen molar-refractivity contribution in [3.05, 3.63) is 33.7 Å². The van der Waals surface area contributed by atoms with Gasteiger partial charge in [-0.15, -0.1) is 11.3 Å². The minimum atomic E-state index is -0.0215. The van der Waals surface area contributed by atoms with Crippen molar-refractivity contribution in [2.75, 3.05) is 18.4 Å². The molecule has 0 radical (unpaired) electrons. The van der Waals surface area contributed by atoms with E-state index in [1.807, 2.05) is 11.8 Å². The first-order valence-corrected chi connectivity index (χ1v) is 10.3. The summed E-state index contributed by atoms with van der Waals surface area (Å²) < 4.78 is 0. The van der Waals surface area contributed by atoms with Crippen LogP contribution in [0.15, 0.2) is 11.7 Å². The zero-order valence-corrected chi connectivity index (χ0v) is 15.8. The number of carbonyl (C=O) groups excluding carboxylic acids is 1. The Morgan fingerprint density at radius 3 is 3.00 bits per heavy atom. The Kier molecular flexibility index (Phi) is 3.74. The van der Waals surface area contributed by atoms with Crippen molar-refractivity contribution in [2.24, 2.45) is 5.92 Å².